The number of nitrogens with zero attached hydrogens (tertiary/aromatic N) is 3. The maximum atomic E-state index is 12.7. The Balaban J connectivity index is 1.42. The number of hydrogen-bond acceptors (Lipinski definition) is 4. The van der Waals surface area contributed by atoms with Crippen LogP contribution in [0.3, 0.4) is 0 Å². The number of benzene rings is 1. The molecule has 0 spiro atoms. The van der Waals surface area contributed by atoms with Crippen molar-refractivity contribution in [3.8, 4) is 0 Å². The van der Waals surface area contributed by atoms with Gasteiger partial charge in [0.1, 0.15) is 5.82 Å². The van der Waals surface area contributed by atoms with Crippen molar-refractivity contribution in [2.45, 2.75) is 46.1 Å². The van der Waals surface area contributed by atoms with E-state index in [0.29, 0.717) is 12.1 Å². The van der Waals surface area contributed by atoms with Crippen molar-refractivity contribution in [3.63, 3.8) is 0 Å². The summed E-state index contributed by atoms with van der Waals surface area (Å²) in [5, 5.41) is 3.99. The number of hydrogen-bond donors (Lipinski definition) is 1. The summed E-state index contributed by atoms with van der Waals surface area (Å²) >= 11 is 0. The normalized spacial score (nSPS) is 14.6. The van der Waals surface area contributed by atoms with E-state index >= 15 is 0 Å². The van der Waals surface area contributed by atoms with Crippen molar-refractivity contribution in [3.05, 3.63) is 65.0 Å². The highest BCUT2D eigenvalue weighted by Gasteiger charge is 2.13. The van der Waals surface area contributed by atoms with E-state index in [1.807, 2.05) is 44.3 Å². The van der Waals surface area contributed by atoms with Crippen LogP contribution in [0.15, 0.2) is 42.6 Å². The molecular weight excluding hydrogens is 360 g/mol. The average Bonchev–Trinajstić information content (AvgIpc) is 3.01. The molecule has 1 aliphatic heterocycles. The fourth-order valence-electron chi connectivity index (χ4n) is 3.89. The molecule has 1 fully saturated rings. The quantitative estimate of drug-likeness (QED) is 0.712. The van der Waals surface area contributed by atoms with Gasteiger partial charge in [-0.3, -0.25) is 9.78 Å². The first-order valence-electron chi connectivity index (χ1n) is 10.5. The Morgan fingerprint density at radius 1 is 1.03 bits per heavy atom. The zero-order chi connectivity index (χ0) is 20.2. The van der Waals surface area contributed by atoms with Crippen LogP contribution in [0.25, 0.3) is 10.9 Å². The van der Waals surface area contributed by atoms with Crippen LogP contribution in [0.4, 0.5) is 5.82 Å². The van der Waals surface area contributed by atoms with Crippen molar-refractivity contribution >= 4 is 22.6 Å². The number of nitrogens with one attached hydrogen (secondary N) is 1. The average molecular weight is 389 g/mol. The number of fused-ring (bicyclic) bond motifs is 1. The molecule has 4 rings (SSSR count). The first-order chi connectivity index (χ1) is 14.1. The largest absolute Gasteiger partial charge is 0.357 e. The van der Waals surface area contributed by atoms with E-state index in [1.54, 1.807) is 0 Å². The van der Waals surface area contributed by atoms with Crippen molar-refractivity contribution in [2.75, 3.05) is 18.0 Å². The second kappa shape index (κ2) is 8.60. The standard InChI is InChI=1S/C24H28N4O/c1-17-7-9-20-14-21(18(2)27-22(20)13-17)24(29)26-16-19-8-10-23(25-15-19)28-11-5-3-4-6-12-28/h7-10,13-15H,3-6,11-12,16H2,1-2H3,(H,26,29). The molecule has 0 saturated carbocycles. The number of aromatic nitrogens is 2. The highest BCUT2D eigenvalue weighted by Crippen LogP contribution is 2.19. The Bertz CT molecular complexity index is 1010. The predicted octanol–water partition coefficient (Wildman–Crippen LogP) is 4.56. The van der Waals surface area contributed by atoms with Gasteiger partial charge in [0.25, 0.3) is 5.91 Å². The minimum Gasteiger partial charge on any atom is -0.357 e. The maximum absolute atomic E-state index is 12.7. The van der Waals surface area contributed by atoms with Crippen LogP contribution in [0, 0.1) is 13.8 Å². The van der Waals surface area contributed by atoms with Gasteiger partial charge in [0, 0.05) is 31.2 Å². The third kappa shape index (κ3) is 4.56. The van der Waals surface area contributed by atoms with Gasteiger partial charge in [0.05, 0.1) is 16.8 Å². The van der Waals surface area contributed by atoms with Crippen LogP contribution in [0.2, 0.25) is 0 Å². The molecule has 150 valence electrons. The van der Waals surface area contributed by atoms with Crippen LogP contribution >= 0.6 is 0 Å². The first kappa shape index (κ1) is 19.4. The monoisotopic (exact) mass is 388 g/mol. The van der Waals surface area contributed by atoms with Gasteiger partial charge in [-0.2, -0.15) is 0 Å². The fourth-order valence-corrected chi connectivity index (χ4v) is 3.89. The fraction of sp³-hybridized carbons (Fsp3) is 0.375. The van der Waals surface area contributed by atoms with Crippen LogP contribution in [-0.4, -0.2) is 29.0 Å². The molecule has 3 heterocycles. The van der Waals surface area contributed by atoms with Gasteiger partial charge in [-0.05, 0) is 56.0 Å². The van der Waals surface area contributed by atoms with Crippen molar-refractivity contribution < 1.29 is 4.79 Å². The van der Waals surface area contributed by atoms with Gasteiger partial charge in [0.2, 0.25) is 0 Å². The van der Waals surface area contributed by atoms with E-state index in [9.17, 15) is 4.79 Å². The lowest BCUT2D eigenvalue weighted by atomic mass is 10.1. The number of aryl methyl sites for hydroxylation is 2. The molecule has 1 N–H and O–H groups in total. The van der Waals surface area contributed by atoms with E-state index < -0.39 is 0 Å². The Morgan fingerprint density at radius 2 is 1.83 bits per heavy atom. The zero-order valence-electron chi connectivity index (χ0n) is 17.2. The maximum Gasteiger partial charge on any atom is 0.253 e. The second-order valence-corrected chi connectivity index (χ2v) is 7.93. The summed E-state index contributed by atoms with van der Waals surface area (Å²) in [5.41, 5.74) is 4.45. The van der Waals surface area contributed by atoms with Gasteiger partial charge in [-0.15, -0.1) is 0 Å². The molecule has 1 aliphatic rings. The van der Waals surface area contributed by atoms with Gasteiger partial charge in [0.15, 0.2) is 0 Å². The zero-order valence-corrected chi connectivity index (χ0v) is 17.2. The van der Waals surface area contributed by atoms with Gasteiger partial charge >= 0.3 is 0 Å². The Morgan fingerprint density at radius 3 is 2.55 bits per heavy atom. The topological polar surface area (TPSA) is 58.1 Å². The number of carbonyl (C=O) groups is 1. The third-order valence-electron chi connectivity index (χ3n) is 5.60. The molecule has 0 aliphatic carbocycles. The number of pyridine rings is 2. The molecule has 0 radical (unpaired) electrons. The number of rotatable bonds is 4. The van der Waals surface area contributed by atoms with Gasteiger partial charge in [-0.1, -0.05) is 31.0 Å². The van der Waals surface area contributed by atoms with Gasteiger partial charge < -0.3 is 10.2 Å². The van der Waals surface area contributed by atoms with Crippen LogP contribution in [0.1, 0.15) is 52.9 Å². The molecule has 1 saturated heterocycles. The number of anilines is 1. The molecule has 2 aromatic heterocycles. The molecular formula is C24H28N4O. The summed E-state index contributed by atoms with van der Waals surface area (Å²) in [4.78, 5) is 24.3. The molecule has 0 bridgehead atoms. The summed E-state index contributed by atoms with van der Waals surface area (Å²) in [6, 6.07) is 12.1. The van der Waals surface area contributed by atoms with Crippen molar-refractivity contribution in [1.82, 2.24) is 15.3 Å². The number of carbonyl (C=O) groups excluding carboxylic acids is 1. The Hall–Kier alpha value is -2.95. The summed E-state index contributed by atoms with van der Waals surface area (Å²) in [5.74, 6) is 0.931. The second-order valence-electron chi connectivity index (χ2n) is 7.93. The first-order valence-corrected chi connectivity index (χ1v) is 10.5. The van der Waals surface area contributed by atoms with E-state index in [4.69, 9.17) is 0 Å². The molecule has 0 atom stereocenters. The third-order valence-corrected chi connectivity index (χ3v) is 5.60. The van der Waals surface area contributed by atoms with E-state index in [1.165, 1.54) is 25.7 Å². The predicted molar refractivity (Wildman–Crippen MR) is 117 cm³/mol. The highest BCUT2D eigenvalue weighted by molar-refractivity contribution is 5.98. The molecule has 5 heteroatoms. The SMILES string of the molecule is Cc1ccc2cc(C(=O)NCc3ccc(N4CCCCCC4)nc3)c(C)nc2c1. The smallest absolute Gasteiger partial charge is 0.253 e. The number of amides is 1. The summed E-state index contributed by atoms with van der Waals surface area (Å²) in [6.45, 7) is 6.54. The molecule has 3 aromatic rings. The van der Waals surface area contributed by atoms with Crippen LogP contribution < -0.4 is 10.2 Å². The molecule has 0 unspecified atom stereocenters. The summed E-state index contributed by atoms with van der Waals surface area (Å²) < 4.78 is 0. The van der Waals surface area contributed by atoms with Crippen LogP contribution in [-0.2, 0) is 6.54 Å². The molecule has 1 aromatic carbocycles. The van der Waals surface area contributed by atoms with Crippen molar-refractivity contribution in [2.24, 2.45) is 0 Å². The lowest BCUT2D eigenvalue weighted by molar-refractivity contribution is 0.0950. The van der Waals surface area contributed by atoms with E-state index in [0.717, 1.165) is 46.6 Å². The molecule has 29 heavy (non-hydrogen) atoms. The Kier molecular flexibility index (Phi) is 5.74. The summed E-state index contributed by atoms with van der Waals surface area (Å²) in [7, 11) is 0. The summed E-state index contributed by atoms with van der Waals surface area (Å²) in [6.07, 6.45) is 6.96. The molecule has 1 amide bonds. The lowest BCUT2D eigenvalue weighted by Gasteiger charge is -2.21. The van der Waals surface area contributed by atoms with Crippen molar-refractivity contribution in [1.29, 1.82) is 0 Å². The minimum atomic E-state index is -0.103. The lowest BCUT2D eigenvalue weighted by Crippen LogP contribution is -2.25. The van der Waals surface area contributed by atoms with Gasteiger partial charge in [-0.25, -0.2) is 4.98 Å². The molecule has 5 nitrogen and oxygen atoms in total. The van der Waals surface area contributed by atoms with E-state index in [-0.39, 0.29) is 5.91 Å². The van der Waals surface area contributed by atoms with Crippen LogP contribution in [0.5, 0.6) is 0 Å². The highest BCUT2D eigenvalue weighted by atomic mass is 16.1. The Labute approximate surface area is 172 Å². The van der Waals surface area contributed by atoms with E-state index in [2.05, 4.69) is 32.3 Å². The minimum absolute atomic E-state index is 0.103.